The fourth-order valence-corrected chi connectivity index (χ4v) is 4.27. The van der Waals surface area contributed by atoms with Crippen molar-refractivity contribution in [3.05, 3.63) is 63.8 Å². The highest BCUT2D eigenvalue weighted by molar-refractivity contribution is 5.93. The van der Waals surface area contributed by atoms with E-state index < -0.39 is 40.9 Å². The molecule has 0 atom stereocenters. The molecule has 1 aliphatic heterocycles. The van der Waals surface area contributed by atoms with Crippen LogP contribution in [0.5, 0.6) is 0 Å². The van der Waals surface area contributed by atoms with E-state index in [1.807, 2.05) is 0 Å². The Balaban J connectivity index is 1.82. The summed E-state index contributed by atoms with van der Waals surface area (Å²) < 4.78 is 47.7. The Morgan fingerprint density at radius 2 is 1.80 bits per heavy atom. The maximum Gasteiger partial charge on any atom is 0.377 e. The van der Waals surface area contributed by atoms with Gasteiger partial charge >= 0.3 is 11.8 Å². The molecule has 13 heteroatoms. The zero-order valence-electron chi connectivity index (χ0n) is 22.7. The summed E-state index contributed by atoms with van der Waals surface area (Å²) in [5, 5.41) is 31.5. The number of benzene rings is 2. The first-order valence-electron chi connectivity index (χ1n) is 12.5. The van der Waals surface area contributed by atoms with Crippen LogP contribution in [0, 0.1) is 23.1 Å². The van der Waals surface area contributed by atoms with Crippen LogP contribution in [0.25, 0.3) is 10.9 Å². The van der Waals surface area contributed by atoms with Crippen LogP contribution in [0.15, 0.2) is 41.2 Å². The van der Waals surface area contributed by atoms with Gasteiger partial charge in [0.25, 0.3) is 6.43 Å². The largest absolute Gasteiger partial charge is 0.377 e. The number of hydrogen-bond acceptors (Lipinski definition) is 8. The summed E-state index contributed by atoms with van der Waals surface area (Å²) >= 11 is 0. The Morgan fingerprint density at radius 1 is 1.12 bits per heavy atom. The molecular weight excluding hydrogens is 545 g/mol. The molecule has 0 saturated carbocycles. The number of amides is 1. The highest BCUT2D eigenvalue weighted by Crippen LogP contribution is 2.36. The first kappa shape index (κ1) is 30.0. The van der Waals surface area contributed by atoms with Crippen LogP contribution in [-0.4, -0.2) is 55.9 Å². The Labute approximate surface area is 233 Å². The lowest BCUT2D eigenvalue weighted by molar-refractivity contribution is -0.374. The van der Waals surface area contributed by atoms with E-state index in [1.54, 1.807) is 32.0 Å². The number of aliphatic hydroxyl groups is 3. The maximum absolute atomic E-state index is 15.2. The fraction of sp³-hybridized carbons (Fsp3) is 0.393. The molecule has 1 aromatic heterocycles. The van der Waals surface area contributed by atoms with Crippen molar-refractivity contribution in [3.63, 3.8) is 0 Å². The molecule has 1 amide bonds. The SMILES string of the molecule is CC(C)(C#Cc1cccc2c1COCCN2c1nc(=O)n(C(O)(O)O)c2cccc(F)c12)NC(=O)C(C)(C)C(F)F. The number of alkyl halides is 2. The molecule has 10 nitrogen and oxygen atoms in total. The molecule has 0 fully saturated rings. The second kappa shape index (κ2) is 10.8. The predicted molar refractivity (Wildman–Crippen MR) is 143 cm³/mol. The summed E-state index contributed by atoms with van der Waals surface area (Å²) in [6, 6.07) is 8.58. The molecule has 0 aliphatic carbocycles. The van der Waals surface area contributed by atoms with Crippen LogP contribution in [-0.2, 0) is 22.2 Å². The van der Waals surface area contributed by atoms with Gasteiger partial charge in [-0.25, -0.2) is 22.5 Å². The molecule has 2 aromatic carbocycles. The van der Waals surface area contributed by atoms with Gasteiger partial charge in [-0.05, 0) is 52.0 Å². The minimum absolute atomic E-state index is 0.0758. The first-order valence-corrected chi connectivity index (χ1v) is 12.5. The third kappa shape index (κ3) is 5.91. The Morgan fingerprint density at radius 3 is 2.46 bits per heavy atom. The van der Waals surface area contributed by atoms with Crippen molar-refractivity contribution in [3.8, 4) is 11.8 Å². The van der Waals surface area contributed by atoms with E-state index in [2.05, 4.69) is 22.1 Å². The number of rotatable bonds is 5. The van der Waals surface area contributed by atoms with E-state index in [9.17, 15) is 33.7 Å². The van der Waals surface area contributed by atoms with Crippen LogP contribution in [0.3, 0.4) is 0 Å². The number of fused-ring (bicyclic) bond motifs is 2. The molecule has 0 spiro atoms. The molecule has 1 aliphatic rings. The monoisotopic (exact) mass is 574 g/mol. The minimum atomic E-state index is -3.63. The highest BCUT2D eigenvalue weighted by Gasteiger charge is 2.39. The average Bonchev–Trinajstić information content (AvgIpc) is 3.08. The van der Waals surface area contributed by atoms with Crippen molar-refractivity contribution < 1.29 is 38.0 Å². The van der Waals surface area contributed by atoms with E-state index in [0.29, 0.717) is 16.8 Å². The van der Waals surface area contributed by atoms with Gasteiger partial charge in [0.1, 0.15) is 11.2 Å². The van der Waals surface area contributed by atoms with Gasteiger partial charge in [-0.2, -0.15) is 4.98 Å². The summed E-state index contributed by atoms with van der Waals surface area (Å²) in [5.41, 5.74) is -3.21. The van der Waals surface area contributed by atoms with Gasteiger partial charge in [-0.3, -0.25) is 4.79 Å². The lowest BCUT2D eigenvalue weighted by atomic mass is 9.91. The van der Waals surface area contributed by atoms with E-state index >= 15 is 4.39 Å². The molecule has 0 bridgehead atoms. The zero-order chi connectivity index (χ0) is 30.3. The van der Waals surface area contributed by atoms with Gasteiger partial charge in [0, 0.05) is 23.4 Å². The summed E-state index contributed by atoms with van der Waals surface area (Å²) in [5.74, 6) is 4.02. The molecule has 41 heavy (non-hydrogen) atoms. The number of nitrogens with one attached hydrogen (secondary N) is 1. The number of ether oxygens (including phenoxy) is 1. The van der Waals surface area contributed by atoms with E-state index in [1.165, 1.54) is 17.0 Å². The molecular formula is C28H29F3N4O6. The molecule has 3 aromatic rings. The summed E-state index contributed by atoms with van der Waals surface area (Å²) in [6.45, 7) is 5.75. The van der Waals surface area contributed by atoms with Crippen molar-refractivity contribution >= 4 is 28.3 Å². The normalized spacial score (nSPS) is 14.4. The second-order valence-electron chi connectivity index (χ2n) is 10.6. The van der Waals surface area contributed by atoms with E-state index in [-0.39, 0.29) is 41.0 Å². The van der Waals surface area contributed by atoms with Crippen LogP contribution in [0.4, 0.5) is 24.7 Å². The average molecular weight is 575 g/mol. The second-order valence-corrected chi connectivity index (χ2v) is 10.6. The van der Waals surface area contributed by atoms with Crippen LogP contribution in [0.2, 0.25) is 0 Å². The standard InChI is InChI=1S/C28H29F3N4O6/c1-26(2,33-24(36)27(3,4)23(30)31)12-11-16-7-5-9-19-17(16)15-41-14-13-34(19)22-21-18(29)8-6-10-20(21)35(25(37)32-22)28(38,39)40/h5-10,23,38-40H,13-15H2,1-4H3,(H,33,36). The topological polar surface area (TPSA) is 137 Å². The Kier molecular flexibility index (Phi) is 7.90. The van der Waals surface area contributed by atoms with E-state index in [0.717, 1.165) is 19.9 Å². The summed E-state index contributed by atoms with van der Waals surface area (Å²) in [7, 11) is 0. The molecule has 2 heterocycles. The maximum atomic E-state index is 15.2. The molecule has 0 radical (unpaired) electrons. The molecule has 0 unspecified atom stereocenters. The van der Waals surface area contributed by atoms with Gasteiger partial charge < -0.3 is 30.3 Å². The van der Waals surface area contributed by atoms with Gasteiger partial charge in [-0.1, -0.05) is 24.0 Å². The highest BCUT2D eigenvalue weighted by atomic mass is 19.3. The summed E-state index contributed by atoms with van der Waals surface area (Å²) in [4.78, 5) is 30.7. The predicted octanol–water partition coefficient (Wildman–Crippen LogP) is 2.29. The lowest BCUT2D eigenvalue weighted by Crippen LogP contribution is -2.50. The number of carbonyl (C=O) groups excluding carboxylic acids is 1. The van der Waals surface area contributed by atoms with Crippen LogP contribution in [0.1, 0.15) is 38.8 Å². The van der Waals surface area contributed by atoms with Gasteiger partial charge in [0.05, 0.1) is 29.7 Å². The Bertz CT molecular complexity index is 1620. The molecule has 4 N–H and O–H groups in total. The Hall–Kier alpha value is -3.96. The van der Waals surface area contributed by atoms with Gasteiger partial charge in [-0.15, -0.1) is 0 Å². The van der Waals surface area contributed by atoms with Crippen molar-refractivity contribution in [1.29, 1.82) is 0 Å². The first-order chi connectivity index (χ1) is 19.0. The number of aromatic nitrogens is 2. The zero-order valence-corrected chi connectivity index (χ0v) is 22.7. The molecule has 218 valence electrons. The van der Waals surface area contributed by atoms with Gasteiger partial charge in [0.2, 0.25) is 5.91 Å². The quantitative estimate of drug-likeness (QED) is 0.269. The lowest BCUT2D eigenvalue weighted by Gasteiger charge is -2.28. The van der Waals surface area contributed by atoms with E-state index in [4.69, 9.17) is 4.74 Å². The number of carbonyl (C=O) groups is 1. The molecule has 4 rings (SSSR count). The smallest absolute Gasteiger partial charge is 0.375 e. The number of anilines is 2. The van der Waals surface area contributed by atoms with Crippen molar-refractivity contribution in [2.45, 2.75) is 52.4 Å². The number of halogens is 3. The van der Waals surface area contributed by atoms with Gasteiger partial charge in [0.15, 0.2) is 5.82 Å². The van der Waals surface area contributed by atoms with Crippen molar-refractivity contribution in [2.24, 2.45) is 5.41 Å². The number of hydrogen-bond donors (Lipinski definition) is 4. The fourth-order valence-electron chi connectivity index (χ4n) is 4.27. The van der Waals surface area contributed by atoms with Crippen LogP contribution < -0.4 is 15.9 Å². The third-order valence-electron chi connectivity index (χ3n) is 6.62. The summed E-state index contributed by atoms with van der Waals surface area (Å²) in [6.07, 6.45) is -6.51. The minimum Gasteiger partial charge on any atom is -0.375 e. The van der Waals surface area contributed by atoms with Crippen molar-refractivity contribution in [2.75, 3.05) is 18.1 Å². The van der Waals surface area contributed by atoms with Crippen LogP contribution >= 0.6 is 0 Å². The van der Waals surface area contributed by atoms with Crippen molar-refractivity contribution in [1.82, 2.24) is 14.9 Å². The number of nitrogens with zero attached hydrogens (tertiary/aromatic N) is 3. The third-order valence-corrected chi connectivity index (χ3v) is 6.62. The molecule has 0 saturated heterocycles.